The number of nitrogens with one attached hydrogen (secondary N) is 2. The van der Waals surface area contributed by atoms with Crippen LogP contribution in [0, 0.1) is 5.82 Å². The average molecular weight is 287 g/mol. The predicted molar refractivity (Wildman–Crippen MR) is 77.2 cm³/mol. The van der Waals surface area contributed by atoms with Crippen molar-refractivity contribution in [3.05, 3.63) is 65.5 Å². The molecule has 0 aliphatic carbocycles. The van der Waals surface area contributed by atoms with Crippen molar-refractivity contribution >= 4 is 17.6 Å². The van der Waals surface area contributed by atoms with Gasteiger partial charge in [0.15, 0.2) is 0 Å². The fourth-order valence-electron chi connectivity index (χ4n) is 1.70. The summed E-state index contributed by atoms with van der Waals surface area (Å²) in [5.41, 5.74) is 6.78. The number of anilines is 1. The third-order valence-corrected chi connectivity index (χ3v) is 2.78. The Morgan fingerprint density at radius 2 is 1.62 bits per heavy atom. The second-order valence-corrected chi connectivity index (χ2v) is 4.38. The van der Waals surface area contributed by atoms with Crippen molar-refractivity contribution < 1.29 is 14.0 Å². The number of carbonyl (C=O) groups excluding carboxylic acids is 2. The maximum absolute atomic E-state index is 12.8. The monoisotopic (exact) mass is 287 g/mol. The van der Waals surface area contributed by atoms with Gasteiger partial charge in [-0.2, -0.15) is 0 Å². The first-order valence-corrected chi connectivity index (χ1v) is 6.24. The zero-order valence-corrected chi connectivity index (χ0v) is 11.1. The van der Waals surface area contributed by atoms with E-state index >= 15 is 0 Å². The summed E-state index contributed by atoms with van der Waals surface area (Å²) in [5.74, 6) is -0.657. The van der Waals surface area contributed by atoms with Gasteiger partial charge in [-0.3, -0.25) is 4.79 Å². The molecule has 21 heavy (non-hydrogen) atoms. The van der Waals surface area contributed by atoms with Crippen molar-refractivity contribution in [1.82, 2.24) is 5.32 Å². The van der Waals surface area contributed by atoms with Gasteiger partial charge in [0.1, 0.15) is 5.82 Å². The molecule has 5 nitrogen and oxygen atoms in total. The lowest BCUT2D eigenvalue weighted by Gasteiger charge is -2.06. The Morgan fingerprint density at radius 1 is 1.00 bits per heavy atom. The van der Waals surface area contributed by atoms with E-state index in [0.717, 1.165) is 5.56 Å². The van der Waals surface area contributed by atoms with E-state index in [0.29, 0.717) is 17.8 Å². The highest BCUT2D eigenvalue weighted by Gasteiger charge is 2.06. The van der Waals surface area contributed by atoms with Crippen molar-refractivity contribution in [2.24, 2.45) is 5.73 Å². The van der Waals surface area contributed by atoms with E-state index in [-0.39, 0.29) is 11.7 Å². The summed E-state index contributed by atoms with van der Waals surface area (Å²) in [4.78, 5) is 22.6. The van der Waals surface area contributed by atoms with E-state index in [1.807, 2.05) is 0 Å². The molecule has 0 spiro atoms. The van der Waals surface area contributed by atoms with Gasteiger partial charge in [0.2, 0.25) is 0 Å². The van der Waals surface area contributed by atoms with Crippen LogP contribution in [0.4, 0.5) is 14.9 Å². The van der Waals surface area contributed by atoms with Crippen molar-refractivity contribution in [3.8, 4) is 0 Å². The molecule has 0 bridgehead atoms. The topological polar surface area (TPSA) is 84.2 Å². The minimum absolute atomic E-state index is 0.295. The quantitative estimate of drug-likeness (QED) is 0.805. The minimum atomic E-state index is -0.604. The van der Waals surface area contributed by atoms with E-state index in [2.05, 4.69) is 10.6 Å². The molecular formula is C15H14FN3O2. The molecule has 0 saturated heterocycles. The van der Waals surface area contributed by atoms with Gasteiger partial charge in [-0.1, -0.05) is 12.1 Å². The van der Waals surface area contributed by atoms with Crippen LogP contribution < -0.4 is 16.4 Å². The largest absolute Gasteiger partial charge is 0.352 e. The smallest absolute Gasteiger partial charge is 0.312 e. The van der Waals surface area contributed by atoms with E-state index in [9.17, 15) is 14.0 Å². The van der Waals surface area contributed by atoms with E-state index in [1.165, 1.54) is 24.3 Å². The molecule has 3 amide bonds. The fraction of sp³-hybridized carbons (Fsp3) is 0.0667. The highest BCUT2D eigenvalue weighted by molar-refractivity contribution is 6.04. The number of carbonyl (C=O) groups is 2. The molecule has 2 aromatic rings. The first kappa shape index (κ1) is 14.5. The summed E-state index contributed by atoms with van der Waals surface area (Å²) in [6, 6.07) is 11.6. The zero-order valence-electron chi connectivity index (χ0n) is 11.1. The third-order valence-electron chi connectivity index (χ3n) is 2.78. The summed E-state index contributed by atoms with van der Waals surface area (Å²) >= 11 is 0. The molecule has 0 heterocycles. The first-order chi connectivity index (χ1) is 10.0. The maximum Gasteiger partial charge on any atom is 0.312 e. The number of nitrogens with two attached hydrogens (primary N) is 1. The van der Waals surface area contributed by atoms with E-state index < -0.39 is 6.03 Å². The van der Waals surface area contributed by atoms with Crippen molar-refractivity contribution in [1.29, 1.82) is 0 Å². The lowest BCUT2D eigenvalue weighted by atomic mass is 10.1. The molecule has 2 rings (SSSR count). The maximum atomic E-state index is 12.8. The van der Waals surface area contributed by atoms with Crippen molar-refractivity contribution in [2.45, 2.75) is 6.54 Å². The minimum Gasteiger partial charge on any atom is -0.352 e. The lowest BCUT2D eigenvalue weighted by Crippen LogP contribution is -2.28. The molecule has 0 radical (unpaired) electrons. The Balaban J connectivity index is 1.99. The molecule has 4 N–H and O–H groups in total. The summed E-state index contributed by atoms with van der Waals surface area (Å²) in [7, 11) is 0. The number of benzene rings is 2. The Morgan fingerprint density at radius 3 is 2.19 bits per heavy atom. The molecule has 0 aromatic heterocycles. The standard InChI is InChI=1S/C15H14FN3O2/c16-12-5-7-13(8-6-12)19-14(20)11-3-1-10(2-4-11)9-18-15(17)21/h1-8H,9H2,(H,19,20)(H3,17,18,21). The van der Waals surface area contributed by atoms with Crippen LogP contribution >= 0.6 is 0 Å². The van der Waals surface area contributed by atoms with Crippen molar-refractivity contribution in [2.75, 3.05) is 5.32 Å². The molecule has 0 saturated carbocycles. The number of hydrogen-bond acceptors (Lipinski definition) is 2. The zero-order chi connectivity index (χ0) is 15.2. The summed E-state index contributed by atoms with van der Waals surface area (Å²) in [5, 5.41) is 5.12. The lowest BCUT2D eigenvalue weighted by molar-refractivity contribution is 0.102. The summed E-state index contributed by atoms with van der Waals surface area (Å²) in [6.45, 7) is 0.301. The van der Waals surface area contributed by atoms with Gasteiger partial charge in [-0.25, -0.2) is 9.18 Å². The van der Waals surface area contributed by atoms with Crippen LogP contribution in [0.25, 0.3) is 0 Å². The number of hydrogen-bond donors (Lipinski definition) is 3. The third kappa shape index (κ3) is 4.31. The SMILES string of the molecule is NC(=O)NCc1ccc(C(=O)Nc2ccc(F)cc2)cc1. The highest BCUT2D eigenvalue weighted by atomic mass is 19.1. The Labute approximate surface area is 121 Å². The van der Waals surface area contributed by atoms with Gasteiger partial charge < -0.3 is 16.4 Å². The molecule has 6 heteroatoms. The first-order valence-electron chi connectivity index (χ1n) is 6.24. The highest BCUT2D eigenvalue weighted by Crippen LogP contribution is 2.11. The van der Waals surface area contributed by atoms with Gasteiger partial charge in [0, 0.05) is 17.8 Å². The number of primary amides is 1. The van der Waals surface area contributed by atoms with Crippen LogP contribution in [-0.4, -0.2) is 11.9 Å². The fourth-order valence-corrected chi connectivity index (χ4v) is 1.70. The summed E-state index contributed by atoms with van der Waals surface area (Å²) in [6.07, 6.45) is 0. The number of halogens is 1. The Hall–Kier alpha value is -2.89. The van der Waals surface area contributed by atoms with Crippen LogP contribution in [-0.2, 0) is 6.54 Å². The predicted octanol–water partition coefficient (Wildman–Crippen LogP) is 2.25. The second kappa shape index (κ2) is 6.51. The van der Waals surface area contributed by atoms with E-state index in [4.69, 9.17) is 5.73 Å². The van der Waals surface area contributed by atoms with Gasteiger partial charge in [-0.15, -0.1) is 0 Å². The Bertz CT molecular complexity index is 639. The molecule has 2 aromatic carbocycles. The molecule has 0 fully saturated rings. The molecular weight excluding hydrogens is 273 g/mol. The number of urea groups is 1. The van der Waals surface area contributed by atoms with Gasteiger partial charge >= 0.3 is 6.03 Å². The molecule has 108 valence electrons. The van der Waals surface area contributed by atoms with Crippen LogP contribution in [0.5, 0.6) is 0 Å². The van der Waals surface area contributed by atoms with Gasteiger partial charge in [0.25, 0.3) is 5.91 Å². The second-order valence-electron chi connectivity index (χ2n) is 4.38. The van der Waals surface area contributed by atoms with Gasteiger partial charge in [0.05, 0.1) is 0 Å². The van der Waals surface area contributed by atoms with Gasteiger partial charge in [-0.05, 0) is 42.0 Å². The normalized spacial score (nSPS) is 9.95. The summed E-state index contributed by atoms with van der Waals surface area (Å²) < 4.78 is 12.8. The average Bonchev–Trinajstić information content (AvgIpc) is 2.48. The van der Waals surface area contributed by atoms with Crippen LogP contribution in [0.15, 0.2) is 48.5 Å². The molecule has 0 aliphatic rings. The van der Waals surface area contributed by atoms with Crippen LogP contribution in [0.3, 0.4) is 0 Å². The molecule has 0 aliphatic heterocycles. The molecule has 0 atom stereocenters. The van der Waals surface area contributed by atoms with Crippen LogP contribution in [0.2, 0.25) is 0 Å². The number of amides is 3. The van der Waals surface area contributed by atoms with E-state index in [1.54, 1.807) is 24.3 Å². The van der Waals surface area contributed by atoms with Crippen molar-refractivity contribution in [3.63, 3.8) is 0 Å². The molecule has 0 unspecified atom stereocenters. The Kier molecular flexibility index (Phi) is 4.50. The van der Waals surface area contributed by atoms with Crippen LogP contribution in [0.1, 0.15) is 15.9 Å². The number of rotatable bonds is 4.